The lowest BCUT2D eigenvalue weighted by atomic mass is 9.90. The van der Waals surface area contributed by atoms with Crippen LogP contribution in [-0.4, -0.2) is 78.8 Å². The second kappa shape index (κ2) is 13.5. The minimum atomic E-state index is -0.784. The van der Waals surface area contributed by atoms with Crippen LogP contribution in [0.25, 0.3) is 21.9 Å². The first-order valence-corrected chi connectivity index (χ1v) is 17.0. The number of halogens is 1. The van der Waals surface area contributed by atoms with Crippen LogP contribution in [0.2, 0.25) is 5.02 Å². The highest BCUT2D eigenvalue weighted by molar-refractivity contribution is 6.30. The van der Waals surface area contributed by atoms with Gasteiger partial charge in [-0.25, -0.2) is 0 Å². The van der Waals surface area contributed by atoms with Gasteiger partial charge in [0.1, 0.15) is 11.6 Å². The largest absolute Gasteiger partial charge is 0.451 e. The van der Waals surface area contributed by atoms with Crippen molar-refractivity contribution in [1.82, 2.24) is 20.1 Å². The lowest BCUT2D eigenvalue weighted by molar-refractivity contribution is -0.131. The number of anilines is 1. The molecule has 2 atom stereocenters. The molecule has 10 heteroatoms. The third kappa shape index (κ3) is 6.57. The van der Waals surface area contributed by atoms with Crippen molar-refractivity contribution in [2.45, 2.75) is 31.7 Å². The van der Waals surface area contributed by atoms with Crippen molar-refractivity contribution in [1.29, 1.82) is 0 Å². The molecule has 1 fully saturated rings. The Kier molecular flexibility index (Phi) is 8.98. The van der Waals surface area contributed by atoms with Gasteiger partial charge in [0.05, 0.1) is 0 Å². The smallest absolute Gasteiger partial charge is 0.289 e. The Hall–Kier alpha value is -4.60. The first-order chi connectivity index (χ1) is 23.2. The Morgan fingerprint density at radius 2 is 1.79 bits per heavy atom. The number of hydrogen-bond acceptors (Lipinski definition) is 5. The van der Waals surface area contributed by atoms with Crippen molar-refractivity contribution in [3.8, 4) is 0 Å². The summed E-state index contributed by atoms with van der Waals surface area (Å²) in [5.74, 6) is -0.280. The molecular formula is C38H40ClN5O4. The lowest BCUT2D eigenvalue weighted by Gasteiger charge is -2.38. The first kappa shape index (κ1) is 32.0. The number of piperidine rings is 1. The number of para-hydroxylation sites is 2. The predicted octanol–water partition coefficient (Wildman–Crippen LogP) is 5.91. The van der Waals surface area contributed by atoms with Gasteiger partial charge in [0.2, 0.25) is 11.8 Å². The maximum atomic E-state index is 14.6. The highest BCUT2D eigenvalue weighted by Crippen LogP contribution is 2.33. The predicted molar refractivity (Wildman–Crippen MR) is 188 cm³/mol. The van der Waals surface area contributed by atoms with E-state index in [0.717, 1.165) is 46.1 Å². The Morgan fingerprint density at radius 3 is 2.58 bits per heavy atom. The van der Waals surface area contributed by atoms with E-state index in [-0.39, 0.29) is 29.6 Å². The summed E-state index contributed by atoms with van der Waals surface area (Å²) < 4.78 is 5.81. The molecule has 0 bridgehead atoms. The van der Waals surface area contributed by atoms with E-state index in [0.29, 0.717) is 55.3 Å². The van der Waals surface area contributed by atoms with Gasteiger partial charge in [0.25, 0.3) is 5.91 Å². The second-order valence-corrected chi connectivity index (χ2v) is 13.8. The first-order valence-electron chi connectivity index (χ1n) is 16.6. The highest BCUT2D eigenvalue weighted by atomic mass is 35.5. The van der Waals surface area contributed by atoms with Crippen LogP contribution in [0.5, 0.6) is 0 Å². The van der Waals surface area contributed by atoms with E-state index in [9.17, 15) is 14.4 Å². The number of benzene rings is 3. The topological polar surface area (TPSA) is 102 Å². The van der Waals surface area contributed by atoms with E-state index >= 15 is 0 Å². The van der Waals surface area contributed by atoms with E-state index in [1.807, 2.05) is 91.9 Å². The SMILES string of the molecule is CN(C)CC1Cc2cc(Cl)ccc2N(C(=O)[C@@H](Cc2c[nH]c3ccccc23)NC(=O)C2CCN(C(=O)c3cc4ccccc4o3)CC2)C1. The molecule has 9 nitrogen and oxygen atoms in total. The van der Waals surface area contributed by atoms with E-state index in [1.165, 1.54) is 0 Å². The number of furan rings is 1. The van der Waals surface area contributed by atoms with Crippen LogP contribution < -0.4 is 10.2 Å². The number of H-pyrrole nitrogens is 1. The molecule has 2 aliphatic rings. The molecule has 1 unspecified atom stereocenters. The van der Waals surface area contributed by atoms with Crippen LogP contribution >= 0.6 is 11.6 Å². The fourth-order valence-corrected chi connectivity index (χ4v) is 7.54. The van der Waals surface area contributed by atoms with Crippen molar-refractivity contribution < 1.29 is 18.8 Å². The summed E-state index contributed by atoms with van der Waals surface area (Å²) in [7, 11) is 4.07. The molecule has 3 aromatic carbocycles. The monoisotopic (exact) mass is 665 g/mol. The summed E-state index contributed by atoms with van der Waals surface area (Å²) in [5, 5.41) is 5.72. The summed E-state index contributed by atoms with van der Waals surface area (Å²) in [5.41, 5.74) is 4.50. The number of amides is 3. The second-order valence-electron chi connectivity index (χ2n) is 13.4. The van der Waals surface area contributed by atoms with E-state index in [4.69, 9.17) is 16.0 Å². The van der Waals surface area contributed by atoms with Crippen LogP contribution in [0, 0.1) is 11.8 Å². The molecule has 48 heavy (non-hydrogen) atoms. The minimum Gasteiger partial charge on any atom is -0.451 e. The molecule has 2 aliphatic heterocycles. The number of aromatic amines is 1. The van der Waals surface area contributed by atoms with E-state index in [1.54, 1.807) is 11.0 Å². The minimum absolute atomic E-state index is 0.141. The van der Waals surface area contributed by atoms with Crippen LogP contribution in [0.15, 0.2) is 83.4 Å². The number of likely N-dealkylation sites (tertiary alicyclic amines) is 1. The van der Waals surface area contributed by atoms with Gasteiger partial charge in [-0.05, 0) is 86.8 Å². The fourth-order valence-electron chi connectivity index (χ4n) is 7.35. The molecule has 7 rings (SSSR count). The van der Waals surface area contributed by atoms with Gasteiger partial charge in [-0.3, -0.25) is 14.4 Å². The molecule has 0 saturated carbocycles. The van der Waals surface area contributed by atoms with Crippen molar-refractivity contribution in [2.24, 2.45) is 11.8 Å². The van der Waals surface area contributed by atoms with Gasteiger partial charge < -0.3 is 29.4 Å². The molecular weight excluding hydrogens is 626 g/mol. The number of nitrogens with one attached hydrogen (secondary N) is 2. The molecule has 4 heterocycles. The van der Waals surface area contributed by atoms with Gasteiger partial charge in [0, 0.05) is 71.7 Å². The van der Waals surface area contributed by atoms with Gasteiger partial charge in [-0.15, -0.1) is 0 Å². The maximum Gasteiger partial charge on any atom is 0.289 e. The Bertz CT molecular complexity index is 1940. The Balaban J connectivity index is 1.10. The summed E-state index contributed by atoms with van der Waals surface area (Å²) in [6.45, 7) is 2.23. The van der Waals surface area contributed by atoms with Crippen LogP contribution in [0.1, 0.15) is 34.5 Å². The number of carbonyl (C=O) groups excluding carboxylic acids is 3. The molecule has 0 radical (unpaired) electrons. The number of fused-ring (bicyclic) bond motifs is 3. The quantitative estimate of drug-likeness (QED) is 0.215. The fraction of sp³-hybridized carbons (Fsp3) is 0.342. The summed E-state index contributed by atoms with van der Waals surface area (Å²) >= 11 is 6.40. The van der Waals surface area contributed by atoms with Gasteiger partial charge in [-0.1, -0.05) is 48.0 Å². The zero-order chi connectivity index (χ0) is 33.4. The third-order valence-electron chi connectivity index (χ3n) is 9.67. The molecule has 2 aromatic heterocycles. The van der Waals surface area contributed by atoms with Crippen molar-refractivity contribution in [3.05, 3.63) is 101 Å². The van der Waals surface area contributed by atoms with E-state index < -0.39 is 6.04 Å². The average molecular weight is 666 g/mol. The Labute approximate surface area is 284 Å². The third-order valence-corrected chi connectivity index (χ3v) is 9.91. The molecule has 0 spiro atoms. The van der Waals surface area contributed by atoms with Gasteiger partial charge >= 0.3 is 0 Å². The van der Waals surface area contributed by atoms with Gasteiger partial charge in [-0.2, -0.15) is 0 Å². The average Bonchev–Trinajstić information content (AvgIpc) is 3.71. The van der Waals surface area contributed by atoms with Crippen LogP contribution in [0.3, 0.4) is 0 Å². The lowest BCUT2D eigenvalue weighted by Crippen LogP contribution is -2.54. The number of hydrogen-bond donors (Lipinski definition) is 2. The number of aromatic nitrogens is 1. The van der Waals surface area contributed by atoms with Crippen LogP contribution in [0.4, 0.5) is 5.69 Å². The van der Waals surface area contributed by atoms with Gasteiger partial charge in [0.15, 0.2) is 5.76 Å². The number of rotatable bonds is 8. The standard InChI is InChI=1S/C38H40ClN5O4/c1-42(2)22-24-17-27-18-29(39)11-12-33(27)44(23-24)37(46)32(19-28-21-40-31-9-5-4-8-30(28)31)41-36(45)25-13-15-43(16-14-25)38(47)35-20-26-7-3-6-10-34(26)48-35/h3-12,18,20-21,24-25,32,40H,13-17,19,22-23H2,1-2H3,(H,41,45)/t24?,32-/m1/s1. The summed E-state index contributed by atoms with van der Waals surface area (Å²) in [6.07, 6.45) is 4.10. The number of nitrogens with zero attached hydrogens (tertiary/aromatic N) is 3. The summed E-state index contributed by atoms with van der Waals surface area (Å²) in [4.78, 5) is 50.8. The summed E-state index contributed by atoms with van der Waals surface area (Å²) in [6, 6.07) is 22.2. The molecule has 3 amide bonds. The molecule has 0 aliphatic carbocycles. The highest BCUT2D eigenvalue weighted by Gasteiger charge is 2.36. The maximum absolute atomic E-state index is 14.6. The normalized spacial score (nSPS) is 17.5. The van der Waals surface area contributed by atoms with Crippen molar-refractivity contribution in [3.63, 3.8) is 0 Å². The molecule has 2 N–H and O–H groups in total. The van der Waals surface area contributed by atoms with Crippen molar-refractivity contribution >= 4 is 56.9 Å². The van der Waals surface area contributed by atoms with E-state index in [2.05, 4.69) is 15.2 Å². The van der Waals surface area contributed by atoms with Crippen LogP contribution in [-0.2, 0) is 22.4 Å². The Morgan fingerprint density at radius 1 is 1.02 bits per heavy atom. The van der Waals surface area contributed by atoms with Crippen molar-refractivity contribution in [2.75, 3.05) is 45.2 Å². The number of carbonyl (C=O) groups is 3. The molecule has 248 valence electrons. The molecule has 5 aromatic rings. The zero-order valence-electron chi connectivity index (χ0n) is 27.2. The molecule has 1 saturated heterocycles. The zero-order valence-corrected chi connectivity index (χ0v) is 28.0.